The first-order valence-electron chi connectivity index (χ1n) is 9.06. The SMILES string of the molecule is C/C(N)=C/C=C(\N)c1ccn2c(-c3cncc(NC(=O)NCC(F)(F)F)c3)cnc2c1. The van der Waals surface area contributed by atoms with Crippen molar-refractivity contribution in [1.82, 2.24) is 19.7 Å². The summed E-state index contributed by atoms with van der Waals surface area (Å²) in [5.41, 5.74) is 15.7. The summed E-state index contributed by atoms with van der Waals surface area (Å²) in [6, 6.07) is 4.21. The van der Waals surface area contributed by atoms with Crippen molar-refractivity contribution in [3.05, 3.63) is 66.4 Å². The second-order valence-electron chi connectivity index (χ2n) is 6.70. The van der Waals surface area contributed by atoms with Gasteiger partial charge in [-0.25, -0.2) is 9.78 Å². The fourth-order valence-corrected chi connectivity index (χ4v) is 2.70. The Kier molecular flexibility index (Phi) is 6.14. The molecule has 162 valence electrons. The van der Waals surface area contributed by atoms with Crippen molar-refractivity contribution in [1.29, 1.82) is 0 Å². The highest BCUT2D eigenvalue weighted by molar-refractivity contribution is 5.89. The molecular formula is C20H20F3N7O. The van der Waals surface area contributed by atoms with Crippen molar-refractivity contribution in [3.63, 3.8) is 0 Å². The average molecular weight is 431 g/mol. The quantitative estimate of drug-likeness (QED) is 0.462. The molecule has 11 heteroatoms. The number of nitrogens with two attached hydrogens (primary N) is 2. The van der Waals surface area contributed by atoms with Gasteiger partial charge in [-0.1, -0.05) is 0 Å². The number of fused-ring (bicyclic) bond motifs is 1. The minimum absolute atomic E-state index is 0.236. The number of alkyl halides is 3. The number of nitrogens with one attached hydrogen (secondary N) is 2. The third kappa shape index (κ3) is 5.75. The van der Waals surface area contributed by atoms with Gasteiger partial charge in [0, 0.05) is 34.9 Å². The minimum atomic E-state index is -4.50. The van der Waals surface area contributed by atoms with Crippen molar-refractivity contribution in [2.24, 2.45) is 11.5 Å². The van der Waals surface area contributed by atoms with Crippen LogP contribution in [0.1, 0.15) is 12.5 Å². The van der Waals surface area contributed by atoms with Gasteiger partial charge in [-0.15, -0.1) is 0 Å². The molecule has 0 radical (unpaired) electrons. The maximum Gasteiger partial charge on any atom is 0.405 e. The highest BCUT2D eigenvalue weighted by Crippen LogP contribution is 2.24. The Morgan fingerprint density at radius 1 is 1.19 bits per heavy atom. The number of carbonyl (C=O) groups is 1. The van der Waals surface area contributed by atoms with E-state index in [0.29, 0.717) is 28.3 Å². The predicted octanol–water partition coefficient (Wildman–Crippen LogP) is 3.24. The van der Waals surface area contributed by atoms with Crippen LogP contribution in [0.3, 0.4) is 0 Å². The van der Waals surface area contributed by atoms with Crippen molar-refractivity contribution in [2.45, 2.75) is 13.1 Å². The zero-order chi connectivity index (χ0) is 22.6. The van der Waals surface area contributed by atoms with Gasteiger partial charge >= 0.3 is 12.2 Å². The van der Waals surface area contributed by atoms with Crippen LogP contribution in [-0.2, 0) is 0 Å². The van der Waals surface area contributed by atoms with Gasteiger partial charge in [-0.05, 0) is 37.3 Å². The van der Waals surface area contributed by atoms with Gasteiger partial charge in [-0.3, -0.25) is 9.38 Å². The number of allylic oxidation sites excluding steroid dienone is 3. The molecule has 0 atom stereocenters. The summed E-state index contributed by atoms with van der Waals surface area (Å²) < 4.78 is 38.5. The Bertz CT molecular complexity index is 1160. The van der Waals surface area contributed by atoms with E-state index in [1.165, 1.54) is 6.20 Å². The van der Waals surface area contributed by atoms with Gasteiger partial charge in [0.2, 0.25) is 0 Å². The van der Waals surface area contributed by atoms with E-state index in [1.807, 2.05) is 6.07 Å². The van der Waals surface area contributed by atoms with E-state index in [-0.39, 0.29) is 5.69 Å². The van der Waals surface area contributed by atoms with Crippen molar-refractivity contribution in [3.8, 4) is 11.3 Å². The lowest BCUT2D eigenvalue weighted by Crippen LogP contribution is -2.36. The third-order valence-corrected chi connectivity index (χ3v) is 4.11. The predicted molar refractivity (Wildman–Crippen MR) is 112 cm³/mol. The highest BCUT2D eigenvalue weighted by atomic mass is 19.4. The van der Waals surface area contributed by atoms with E-state index in [0.717, 1.165) is 5.56 Å². The maximum atomic E-state index is 12.2. The summed E-state index contributed by atoms with van der Waals surface area (Å²) in [6.07, 6.45) is 5.19. The molecule has 6 N–H and O–H groups in total. The van der Waals surface area contributed by atoms with Gasteiger partial charge in [-0.2, -0.15) is 13.2 Å². The number of hydrogen-bond acceptors (Lipinski definition) is 5. The van der Waals surface area contributed by atoms with E-state index >= 15 is 0 Å². The molecule has 3 rings (SSSR count). The van der Waals surface area contributed by atoms with Crippen LogP contribution >= 0.6 is 0 Å². The molecule has 2 amide bonds. The minimum Gasteiger partial charge on any atom is -0.402 e. The lowest BCUT2D eigenvalue weighted by atomic mass is 10.1. The molecule has 3 aromatic rings. The van der Waals surface area contributed by atoms with Crippen LogP contribution < -0.4 is 22.1 Å². The number of anilines is 1. The summed E-state index contributed by atoms with van der Waals surface area (Å²) in [4.78, 5) is 20.1. The van der Waals surface area contributed by atoms with E-state index in [4.69, 9.17) is 11.5 Å². The number of nitrogens with zero attached hydrogens (tertiary/aromatic N) is 3. The molecule has 3 heterocycles. The maximum absolute atomic E-state index is 12.2. The summed E-state index contributed by atoms with van der Waals surface area (Å²) in [5.74, 6) is 0. The number of imidazole rings is 1. The molecule has 0 spiro atoms. The summed E-state index contributed by atoms with van der Waals surface area (Å²) in [7, 11) is 0. The van der Waals surface area contributed by atoms with Crippen LogP contribution in [0, 0.1) is 0 Å². The molecule has 31 heavy (non-hydrogen) atoms. The average Bonchev–Trinajstić information content (AvgIpc) is 3.13. The first-order valence-corrected chi connectivity index (χ1v) is 9.06. The zero-order valence-electron chi connectivity index (χ0n) is 16.4. The number of rotatable bonds is 5. The first-order chi connectivity index (χ1) is 14.6. The molecule has 0 saturated heterocycles. The lowest BCUT2D eigenvalue weighted by molar-refractivity contribution is -0.122. The molecule has 0 unspecified atom stereocenters. The van der Waals surface area contributed by atoms with Crippen LogP contribution in [0.2, 0.25) is 0 Å². The molecular weight excluding hydrogens is 411 g/mol. The van der Waals surface area contributed by atoms with Gasteiger partial charge in [0.05, 0.1) is 23.8 Å². The molecule has 0 aliphatic rings. The number of halogens is 3. The fraction of sp³-hybridized carbons (Fsp3) is 0.150. The molecule has 0 aliphatic carbocycles. The number of carbonyl (C=O) groups excluding carboxylic acids is 1. The van der Waals surface area contributed by atoms with Gasteiger partial charge in [0.15, 0.2) is 0 Å². The van der Waals surface area contributed by atoms with Crippen LogP contribution in [-0.4, -0.2) is 33.1 Å². The number of urea groups is 1. The zero-order valence-corrected chi connectivity index (χ0v) is 16.4. The Morgan fingerprint density at radius 2 is 1.97 bits per heavy atom. The first kappa shape index (κ1) is 21.7. The normalized spacial score (nSPS) is 12.8. The lowest BCUT2D eigenvalue weighted by Gasteiger charge is -2.10. The second-order valence-corrected chi connectivity index (χ2v) is 6.70. The van der Waals surface area contributed by atoms with E-state index in [2.05, 4.69) is 15.3 Å². The molecule has 8 nitrogen and oxygen atoms in total. The second kappa shape index (κ2) is 8.78. The fourth-order valence-electron chi connectivity index (χ4n) is 2.70. The monoisotopic (exact) mass is 431 g/mol. The highest BCUT2D eigenvalue weighted by Gasteiger charge is 2.27. The van der Waals surface area contributed by atoms with Crippen LogP contribution in [0.15, 0.2) is 60.8 Å². The van der Waals surface area contributed by atoms with E-state index in [1.54, 1.807) is 59.5 Å². The van der Waals surface area contributed by atoms with Gasteiger partial charge in [0.25, 0.3) is 0 Å². The van der Waals surface area contributed by atoms with Gasteiger partial charge in [0.1, 0.15) is 12.2 Å². The Balaban J connectivity index is 1.82. The molecule has 3 aromatic heterocycles. The summed E-state index contributed by atoms with van der Waals surface area (Å²) >= 11 is 0. The summed E-state index contributed by atoms with van der Waals surface area (Å²) in [6.45, 7) is 0.324. The third-order valence-electron chi connectivity index (χ3n) is 4.11. The Hall–Kier alpha value is -4.02. The molecule has 0 aromatic carbocycles. The molecule has 0 aliphatic heterocycles. The topological polar surface area (TPSA) is 123 Å². The van der Waals surface area contributed by atoms with Crippen LogP contribution in [0.4, 0.5) is 23.7 Å². The number of pyridine rings is 2. The smallest absolute Gasteiger partial charge is 0.402 e. The standard InChI is InChI=1S/C20H20F3N7O/c1-12(24)2-3-16(25)13-4-5-30-17(10-27-18(30)7-13)14-6-15(9-26-8-14)29-19(31)28-11-20(21,22)23/h2-10H,11,24-25H2,1H3,(H2,28,29,31)/b12-2-,16-3-. The van der Waals surface area contributed by atoms with Crippen LogP contribution in [0.25, 0.3) is 22.6 Å². The van der Waals surface area contributed by atoms with Crippen molar-refractivity contribution < 1.29 is 18.0 Å². The van der Waals surface area contributed by atoms with Crippen molar-refractivity contribution >= 4 is 23.1 Å². The van der Waals surface area contributed by atoms with Crippen LogP contribution in [0.5, 0.6) is 0 Å². The number of aromatic nitrogens is 3. The molecule has 0 saturated carbocycles. The largest absolute Gasteiger partial charge is 0.405 e. The Labute approximate surface area is 175 Å². The molecule has 0 fully saturated rings. The Morgan fingerprint density at radius 3 is 2.68 bits per heavy atom. The van der Waals surface area contributed by atoms with Gasteiger partial charge < -0.3 is 22.1 Å². The van der Waals surface area contributed by atoms with E-state index < -0.39 is 18.8 Å². The number of amides is 2. The number of hydrogen-bond donors (Lipinski definition) is 4. The van der Waals surface area contributed by atoms with Crippen molar-refractivity contribution in [2.75, 3.05) is 11.9 Å². The molecule has 0 bridgehead atoms. The van der Waals surface area contributed by atoms with E-state index in [9.17, 15) is 18.0 Å². The summed E-state index contributed by atoms with van der Waals surface area (Å²) in [5, 5.41) is 4.07.